The van der Waals surface area contributed by atoms with Crippen molar-refractivity contribution in [2.75, 3.05) is 5.32 Å². The highest BCUT2D eigenvalue weighted by Gasteiger charge is 2.28. The fraction of sp³-hybridized carbons (Fsp3) is 0.375. The molecule has 7 nitrogen and oxygen atoms in total. The Morgan fingerprint density at radius 2 is 1.81 bits per heavy atom. The molecular weight excluding hydrogens is 422 g/mol. The van der Waals surface area contributed by atoms with Crippen LogP contribution in [0.4, 0.5) is 5.82 Å². The third-order valence-electron chi connectivity index (χ3n) is 6.55. The molecule has 1 aliphatic rings. The molecule has 5 rings (SSSR count). The minimum atomic E-state index is -3.86. The first-order valence-corrected chi connectivity index (χ1v) is 12.7. The number of benzene rings is 2. The summed E-state index contributed by atoms with van der Waals surface area (Å²) in [6.07, 6.45) is 5.54. The van der Waals surface area contributed by atoms with Crippen LogP contribution in [0.15, 0.2) is 58.5 Å². The minimum Gasteiger partial charge on any atom is -0.366 e. The lowest BCUT2D eigenvalue weighted by Crippen LogP contribution is -2.30. The summed E-state index contributed by atoms with van der Waals surface area (Å²) in [5.74, 6) is 1.22. The molecule has 0 radical (unpaired) electrons. The highest BCUT2D eigenvalue weighted by molar-refractivity contribution is 7.91. The Balaban J connectivity index is 1.66. The predicted molar refractivity (Wildman–Crippen MR) is 125 cm³/mol. The zero-order valence-corrected chi connectivity index (χ0v) is 19.1. The first-order valence-electron chi connectivity index (χ1n) is 11.2. The molecule has 0 unspecified atom stereocenters. The Morgan fingerprint density at radius 1 is 1.06 bits per heavy atom. The van der Waals surface area contributed by atoms with E-state index in [9.17, 15) is 8.42 Å². The van der Waals surface area contributed by atoms with E-state index in [0.717, 1.165) is 29.3 Å². The van der Waals surface area contributed by atoms with Gasteiger partial charge in [-0.15, -0.1) is 5.10 Å². The molecular formula is C24H27N5O2S. The molecule has 8 heteroatoms. The Kier molecular flexibility index (Phi) is 5.33. The van der Waals surface area contributed by atoms with Crippen molar-refractivity contribution in [1.82, 2.24) is 19.8 Å². The Hall–Kier alpha value is -3.00. The Morgan fingerprint density at radius 3 is 2.56 bits per heavy atom. The molecule has 0 aliphatic heterocycles. The lowest BCUT2D eigenvalue weighted by atomic mass is 9.86. The Bertz CT molecular complexity index is 1380. The second kappa shape index (κ2) is 8.16. The number of aromatic nitrogens is 4. The Labute approximate surface area is 187 Å². The molecule has 0 amide bonds. The molecule has 0 spiro atoms. The molecule has 0 saturated heterocycles. The number of sulfone groups is 1. The van der Waals surface area contributed by atoms with Crippen LogP contribution in [-0.2, 0) is 16.3 Å². The van der Waals surface area contributed by atoms with Gasteiger partial charge >= 0.3 is 0 Å². The number of fused-ring (bicyclic) bond motifs is 3. The van der Waals surface area contributed by atoms with Crippen molar-refractivity contribution in [1.29, 1.82) is 0 Å². The molecule has 2 heterocycles. The normalized spacial score (nSPS) is 19.4. The first kappa shape index (κ1) is 20.9. The van der Waals surface area contributed by atoms with E-state index in [1.54, 1.807) is 12.1 Å². The third kappa shape index (κ3) is 3.52. The van der Waals surface area contributed by atoms with E-state index in [-0.39, 0.29) is 15.6 Å². The van der Waals surface area contributed by atoms with Gasteiger partial charge in [0.2, 0.25) is 14.9 Å². The summed E-state index contributed by atoms with van der Waals surface area (Å²) in [5, 5.41) is 12.6. The van der Waals surface area contributed by atoms with E-state index in [4.69, 9.17) is 4.98 Å². The van der Waals surface area contributed by atoms with Gasteiger partial charge in [-0.2, -0.15) is 4.52 Å². The summed E-state index contributed by atoms with van der Waals surface area (Å²) in [7, 11) is -3.86. The number of para-hydroxylation sites is 1. The van der Waals surface area contributed by atoms with Crippen LogP contribution in [0.25, 0.3) is 16.6 Å². The summed E-state index contributed by atoms with van der Waals surface area (Å²) < 4.78 is 28.4. The van der Waals surface area contributed by atoms with E-state index in [1.165, 1.54) is 23.8 Å². The molecule has 1 saturated carbocycles. The number of rotatable bonds is 5. The molecule has 0 bridgehead atoms. The van der Waals surface area contributed by atoms with Crippen molar-refractivity contribution in [3.05, 3.63) is 54.1 Å². The molecule has 1 N–H and O–H groups in total. The van der Waals surface area contributed by atoms with Gasteiger partial charge in [0.25, 0.3) is 0 Å². The van der Waals surface area contributed by atoms with Gasteiger partial charge in [0.1, 0.15) is 5.82 Å². The van der Waals surface area contributed by atoms with Crippen LogP contribution in [0.2, 0.25) is 0 Å². The standard InChI is InChI=1S/C24H27N5O2S/c1-3-17-12-14-18(15-13-17)32(30,31)24-23-26-22(25-20-10-6-4-8-16(20)2)19-9-5-7-11-21(19)29(23)28-27-24/h5,7,9,11-16,20H,3-4,6,8,10H2,1-2H3,(H,25,26)/t16-,20+/m1/s1. The second-order valence-corrected chi connectivity index (χ2v) is 10.5. The smallest absolute Gasteiger partial charge is 0.229 e. The van der Waals surface area contributed by atoms with E-state index in [1.807, 2.05) is 43.3 Å². The van der Waals surface area contributed by atoms with Gasteiger partial charge in [-0.1, -0.05) is 56.2 Å². The minimum absolute atomic E-state index is 0.118. The van der Waals surface area contributed by atoms with Crippen molar-refractivity contribution < 1.29 is 8.42 Å². The second-order valence-electron chi connectivity index (χ2n) is 8.62. The van der Waals surface area contributed by atoms with Crippen LogP contribution in [0.5, 0.6) is 0 Å². The van der Waals surface area contributed by atoms with Crippen molar-refractivity contribution in [3.63, 3.8) is 0 Å². The van der Waals surface area contributed by atoms with E-state index in [0.29, 0.717) is 17.8 Å². The van der Waals surface area contributed by atoms with E-state index >= 15 is 0 Å². The van der Waals surface area contributed by atoms with E-state index in [2.05, 4.69) is 22.6 Å². The molecule has 2 aromatic heterocycles. The van der Waals surface area contributed by atoms with Gasteiger partial charge in [-0.05, 0) is 55.0 Å². The SMILES string of the molecule is CCc1ccc(S(=O)(=O)c2nnn3c2nc(N[C@H]2CCCC[C@H]2C)c2ccccc23)cc1. The topological polar surface area (TPSA) is 89.2 Å². The summed E-state index contributed by atoms with van der Waals surface area (Å²) in [6, 6.07) is 15.0. The number of hydrogen-bond acceptors (Lipinski definition) is 6. The zero-order chi connectivity index (χ0) is 22.3. The average Bonchev–Trinajstić information content (AvgIpc) is 3.26. The first-order chi connectivity index (χ1) is 15.5. The van der Waals surface area contributed by atoms with Crippen LogP contribution < -0.4 is 5.32 Å². The number of aryl methyl sites for hydroxylation is 1. The maximum absolute atomic E-state index is 13.4. The van der Waals surface area contributed by atoms with Crippen LogP contribution in [0.1, 0.15) is 45.1 Å². The zero-order valence-electron chi connectivity index (χ0n) is 18.3. The largest absolute Gasteiger partial charge is 0.366 e. The van der Waals surface area contributed by atoms with Gasteiger partial charge in [-0.25, -0.2) is 13.4 Å². The maximum Gasteiger partial charge on any atom is 0.229 e. The van der Waals surface area contributed by atoms with Crippen LogP contribution >= 0.6 is 0 Å². The highest BCUT2D eigenvalue weighted by atomic mass is 32.2. The maximum atomic E-state index is 13.4. The number of nitrogens with one attached hydrogen (secondary N) is 1. The van der Waals surface area contributed by atoms with E-state index < -0.39 is 9.84 Å². The van der Waals surface area contributed by atoms with Gasteiger partial charge in [0.15, 0.2) is 5.65 Å². The number of anilines is 1. The quantitative estimate of drug-likeness (QED) is 0.476. The summed E-state index contributed by atoms with van der Waals surface area (Å²) in [4.78, 5) is 4.96. The molecule has 166 valence electrons. The molecule has 2 atom stereocenters. The average molecular weight is 450 g/mol. The number of nitrogens with zero attached hydrogens (tertiary/aromatic N) is 4. The summed E-state index contributed by atoms with van der Waals surface area (Å²) in [5.41, 5.74) is 2.10. The van der Waals surface area contributed by atoms with Crippen LogP contribution in [0, 0.1) is 5.92 Å². The predicted octanol–water partition coefficient (Wildman–Crippen LogP) is 4.66. The van der Waals surface area contributed by atoms with Crippen molar-refractivity contribution in [2.24, 2.45) is 5.92 Å². The van der Waals surface area contributed by atoms with Crippen molar-refractivity contribution in [2.45, 2.75) is 61.9 Å². The van der Waals surface area contributed by atoms with Crippen LogP contribution in [-0.4, -0.2) is 34.3 Å². The lowest BCUT2D eigenvalue weighted by Gasteiger charge is -2.30. The van der Waals surface area contributed by atoms with Crippen LogP contribution in [0.3, 0.4) is 0 Å². The third-order valence-corrected chi connectivity index (χ3v) is 8.22. The van der Waals surface area contributed by atoms with Gasteiger partial charge in [-0.3, -0.25) is 0 Å². The molecule has 1 fully saturated rings. The van der Waals surface area contributed by atoms with Crippen molar-refractivity contribution in [3.8, 4) is 0 Å². The van der Waals surface area contributed by atoms with Gasteiger partial charge in [0.05, 0.1) is 10.4 Å². The number of hydrogen-bond donors (Lipinski definition) is 1. The molecule has 1 aliphatic carbocycles. The van der Waals surface area contributed by atoms with Gasteiger partial charge < -0.3 is 5.32 Å². The summed E-state index contributed by atoms with van der Waals surface area (Å²) in [6.45, 7) is 4.29. The van der Waals surface area contributed by atoms with Crippen molar-refractivity contribution >= 4 is 32.2 Å². The summed E-state index contributed by atoms with van der Waals surface area (Å²) >= 11 is 0. The van der Waals surface area contributed by atoms with Gasteiger partial charge in [0, 0.05) is 11.4 Å². The molecule has 2 aromatic carbocycles. The monoisotopic (exact) mass is 449 g/mol. The molecule has 32 heavy (non-hydrogen) atoms. The lowest BCUT2D eigenvalue weighted by molar-refractivity contribution is 0.349. The fourth-order valence-corrected chi connectivity index (χ4v) is 5.79. The fourth-order valence-electron chi connectivity index (χ4n) is 4.55. The molecule has 4 aromatic rings. The highest BCUT2D eigenvalue weighted by Crippen LogP contribution is 2.31.